The second-order valence-corrected chi connectivity index (χ2v) is 4.66. The largest absolute Gasteiger partial charge is 0.480 e. The molecule has 5 nitrogen and oxygen atoms in total. The number of hydrogen-bond donors (Lipinski definition) is 2. The number of rotatable bonds is 5. The average Bonchev–Trinajstić information content (AvgIpc) is 2.77. The van der Waals surface area contributed by atoms with Crippen molar-refractivity contribution in [3.05, 3.63) is 0 Å². The first-order chi connectivity index (χ1) is 8.04. The third-order valence-corrected chi connectivity index (χ3v) is 3.33. The van der Waals surface area contributed by atoms with Gasteiger partial charge < -0.3 is 15.2 Å². The molecule has 0 aromatic carbocycles. The van der Waals surface area contributed by atoms with Crippen molar-refractivity contribution >= 4 is 12.1 Å². The average molecular weight is 243 g/mol. The maximum absolute atomic E-state index is 11.5. The van der Waals surface area contributed by atoms with Crippen molar-refractivity contribution in [3.63, 3.8) is 0 Å². The molecule has 1 aliphatic carbocycles. The molecular formula is C12H21NO4. The number of carbonyl (C=O) groups is 2. The van der Waals surface area contributed by atoms with E-state index in [9.17, 15) is 9.59 Å². The quantitative estimate of drug-likeness (QED) is 0.775. The molecular weight excluding hydrogens is 222 g/mol. The number of carboxylic acid groups (broad SMARTS) is 1. The van der Waals surface area contributed by atoms with Crippen LogP contribution in [0.4, 0.5) is 4.79 Å². The Morgan fingerprint density at radius 2 is 2.00 bits per heavy atom. The Hall–Kier alpha value is -1.26. The number of hydrogen-bond acceptors (Lipinski definition) is 3. The highest BCUT2D eigenvalue weighted by molar-refractivity contribution is 5.80. The first kappa shape index (κ1) is 13.8. The number of carbonyl (C=O) groups excluding carboxylic acids is 1. The van der Waals surface area contributed by atoms with E-state index in [2.05, 4.69) is 5.32 Å². The van der Waals surface area contributed by atoms with E-state index in [1.807, 2.05) is 6.92 Å². The van der Waals surface area contributed by atoms with Crippen LogP contribution in [-0.2, 0) is 9.53 Å². The molecule has 0 aromatic rings. The van der Waals surface area contributed by atoms with Gasteiger partial charge >= 0.3 is 12.1 Å². The maximum atomic E-state index is 11.5. The summed E-state index contributed by atoms with van der Waals surface area (Å²) in [4.78, 5) is 22.5. The summed E-state index contributed by atoms with van der Waals surface area (Å²) in [6.07, 6.45) is 3.96. The van der Waals surface area contributed by atoms with Gasteiger partial charge in [-0.3, -0.25) is 0 Å². The zero-order chi connectivity index (χ0) is 12.8. The molecule has 17 heavy (non-hydrogen) atoms. The number of ether oxygens (including phenoxy) is 1. The lowest BCUT2D eigenvalue weighted by Gasteiger charge is -2.21. The summed E-state index contributed by atoms with van der Waals surface area (Å²) >= 11 is 0. The Kier molecular flexibility index (Phi) is 5.25. The predicted octanol–water partition coefficient (Wildman–Crippen LogP) is 2.15. The first-order valence-corrected chi connectivity index (χ1v) is 6.24. The minimum Gasteiger partial charge on any atom is -0.480 e. The monoisotopic (exact) mass is 243 g/mol. The van der Waals surface area contributed by atoms with Crippen molar-refractivity contribution in [3.8, 4) is 0 Å². The summed E-state index contributed by atoms with van der Waals surface area (Å²) < 4.78 is 5.17. The highest BCUT2D eigenvalue weighted by Crippen LogP contribution is 2.21. The standard InChI is InChI=1S/C12H21NO4/c1-3-8(2)10(11(14)15)13-12(16)17-9-6-4-5-7-9/h8-10H,3-7H2,1-2H3,(H,13,16)(H,14,15)/t8-,10-/m0/s1. The summed E-state index contributed by atoms with van der Waals surface area (Å²) in [5.41, 5.74) is 0. The van der Waals surface area contributed by atoms with Crippen LogP contribution in [0, 0.1) is 5.92 Å². The van der Waals surface area contributed by atoms with Gasteiger partial charge in [0.15, 0.2) is 0 Å². The van der Waals surface area contributed by atoms with Crippen molar-refractivity contribution < 1.29 is 19.4 Å². The van der Waals surface area contributed by atoms with E-state index in [-0.39, 0.29) is 12.0 Å². The molecule has 5 heteroatoms. The summed E-state index contributed by atoms with van der Waals surface area (Å²) in [7, 11) is 0. The highest BCUT2D eigenvalue weighted by atomic mass is 16.6. The molecule has 0 unspecified atom stereocenters. The van der Waals surface area contributed by atoms with E-state index in [0.717, 1.165) is 25.7 Å². The van der Waals surface area contributed by atoms with Crippen LogP contribution in [0.2, 0.25) is 0 Å². The fraction of sp³-hybridized carbons (Fsp3) is 0.833. The van der Waals surface area contributed by atoms with Crippen LogP contribution in [0.3, 0.4) is 0 Å². The first-order valence-electron chi connectivity index (χ1n) is 6.24. The summed E-state index contributed by atoms with van der Waals surface area (Å²) in [5.74, 6) is -1.12. The minimum atomic E-state index is -1.01. The fourth-order valence-electron chi connectivity index (χ4n) is 2.00. The fourth-order valence-corrected chi connectivity index (χ4v) is 2.00. The van der Waals surface area contributed by atoms with Crippen molar-refractivity contribution in [2.45, 2.75) is 58.1 Å². The van der Waals surface area contributed by atoms with Crippen molar-refractivity contribution in [2.75, 3.05) is 0 Å². The Labute approximate surface area is 102 Å². The van der Waals surface area contributed by atoms with E-state index in [4.69, 9.17) is 9.84 Å². The summed E-state index contributed by atoms with van der Waals surface area (Å²) in [6.45, 7) is 3.69. The molecule has 0 bridgehead atoms. The maximum Gasteiger partial charge on any atom is 0.408 e. The van der Waals surface area contributed by atoms with Crippen LogP contribution in [0.1, 0.15) is 46.0 Å². The van der Waals surface area contributed by atoms with Crippen LogP contribution in [0.15, 0.2) is 0 Å². The van der Waals surface area contributed by atoms with Crippen molar-refractivity contribution in [1.82, 2.24) is 5.32 Å². The summed E-state index contributed by atoms with van der Waals surface area (Å²) in [5, 5.41) is 11.4. The van der Waals surface area contributed by atoms with E-state index < -0.39 is 18.1 Å². The van der Waals surface area contributed by atoms with E-state index >= 15 is 0 Å². The Balaban J connectivity index is 2.43. The molecule has 1 aliphatic rings. The van der Waals surface area contributed by atoms with Gasteiger partial charge in [0.2, 0.25) is 0 Å². The van der Waals surface area contributed by atoms with Gasteiger partial charge in [0.25, 0.3) is 0 Å². The van der Waals surface area contributed by atoms with Crippen molar-refractivity contribution in [1.29, 1.82) is 0 Å². The lowest BCUT2D eigenvalue weighted by molar-refractivity contribution is -0.140. The van der Waals surface area contributed by atoms with Crippen molar-refractivity contribution in [2.24, 2.45) is 5.92 Å². The second-order valence-electron chi connectivity index (χ2n) is 4.66. The molecule has 0 saturated heterocycles. The van der Waals surface area contributed by atoms with E-state index in [1.165, 1.54) is 0 Å². The van der Waals surface area contributed by atoms with Gasteiger partial charge in [-0.25, -0.2) is 9.59 Å². The zero-order valence-electron chi connectivity index (χ0n) is 10.4. The topological polar surface area (TPSA) is 75.6 Å². The van der Waals surface area contributed by atoms with Crippen LogP contribution in [-0.4, -0.2) is 29.3 Å². The van der Waals surface area contributed by atoms with Gasteiger partial charge in [-0.2, -0.15) is 0 Å². The number of amides is 1. The summed E-state index contributed by atoms with van der Waals surface area (Å²) in [6, 6.07) is -0.867. The Morgan fingerprint density at radius 1 is 1.41 bits per heavy atom. The van der Waals surface area contributed by atoms with Gasteiger partial charge in [-0.05, 0) is 31.6 Å². The van der Waals surface area contributed by atoms with Gasteiger partial charge in [-0.1, -0.05) is 20.3 Å². The molecule has 2 atom stereocenters. The van der Waals surface area contributed by atoms with Crippen LogP contribution in [0.5, 0.6) is 0 Å². The lowest BCUT2D eigenvalue weighted by atomic mass is 10.00. The molecule has 1 fully saturated rings. The number of nitrogens with one attached hydrogen (secondary N) is 1. The molecule has 0 radical (unpaired) electrons. The highest BCUT2D eigenvalue weighted by Gasteiger charge is 2.27. The molecule has 2 N–H and O–H groups in total. The van der Waals surface area contributed by atoms with Crippen LogP contribution in [0.25, 0.3) is 0 Å². The Morgan fingerprint density at radius 3 is 2.47 bits per heavy atom. The number of alkyl carbamates (subject to hydrolysis) is 1. The van der Waals surface area contributed by atoms with Gasteiger partial charge in [0, 0.05) is 0 Å². The SMILES string of the molecule is CC[C@H](C)[C@H](NC(=O)OC1CCCC1)C(=O)O. The molecule has 98 valence electrons. The smallest absolute Gasteiger partial charge is 0.408 e. The third kappa shape index (κ3) is 4.24. The number of aliphatic carboxylic acids is 1. The number of carboxylic acids is 1. The zero-order valence-corrected chi connectivity index (χ0v) is 10.4. The third-order valence-electron chi connectivity index (χ3n) is 3.33. The lowest BCUT2D eigenvalue weighted by Crippen LogP contribution is -2.45. The van der Waals surface area contributed by atoms with E-state index in [1.54, 1.807) is 6.92 Å². The normalized spacial score (nSPS) is 19.6. The molecule has 1 saturated carbocycles. The molecule has 0 aromatic heterocycles. The van der Waals surface area contributed by atoms with Crippen LogP contribution < -0.4 is 5.32 Å². The van der Waals surface area contributed by atoms with E-state index in [0.29, 0.717) is 6.42 Å². The molecule has 0 heterocycles. The molecule has 1 rings (SSSR count). The second kappa shape index (κ2) is 6.47. The van der Waals surface area contributed by atoms with Gasteiger partial charge in [-0.15, -0.1) is 0 Å². The molecule has 1 amide bonds. The van der Waals surface area contributed by atoms with Gasteiger partial charge in [0.05, 0.1) is 0 Å². The van der Waals surface area contributed by atoms with Gasteiger partial charge in [0.1, 0.15) is 12.1 Å². The van der Waals surface area contributed by atoms with Crippen LogP contribution >= 0.6 is 0 Å². The molecule has 0 aliphatic heterocycles. The Bertz CT molecular complexity index is 274. The minimum absolute atomic E-state index is 0.0404. The molecule has 0 spiro atoms. The predicted molar refractivity (Wildman–Crippen MR) is 62.8 cm³/mol.